The van der Waals surface area contributed by atoms with Crippen LogP contribution in [-0.4, -0.2) is 44.4 Å². The van der Waals surface area contributed by atoms with E-state index in [1.54, 1.807) is 11.3 Å². The van der Waals surface area contributed by atoms with Gasteiger partial charge in [-0.1, -0.05) is 18.6 Å². The van der Waals surface area contributed by atoms with Crippen molar-refractivity contribution in [2.24, 2.45) is 7.05 Å². The Morgan fingerprint density at radius 1 is 1.23 bits per heavy atom. The summed E-state index contributed by atoms with van der Waals surface area (Å²) in [6, 6.07) is 8.52. The number of hydrogen-bond donors (Lipinski definition) is 0. The highest BCUT2D eigenvalue weighted by Crippen LogP contribution is 2.36. The second-order valence-electron chi connectivity index (χ2n) is 7.24. The predicted octanol–water partition coefficient (Wildman–Crippen LogP) is 3.27. The van der Waals surface area contributed by atoms with E-state index in [1.165, 1.54) is 24.0 Å². The molecular formula is C19H23N5OS. The summed E-state index contributed by atoms with van der Waals surface area (Å²) in [5.41, 5.74) is 1.07. The highest BCUT2D eigenvalue weighted by molar-refractivity contribution is 7.18. The fourth-order valence-electron chi connectivity index (χ4n) is 3.80. The van der Waals surface area contributed by atoms with Crippen molar-refractivity contribution in [2.75, 3.05) is 19.8 Å². The Labute approximate surface area is 156 Å². The van der Waals surface area contributed by atoms with E-state index >= 15 is 0 Å². The number of aromatic nitrogens is 4. The molecule has 1 unspecified atom stereocenters. The predicted molar refractivity (Wildman–Crippen MR) is 101 cm³/mol. The monoisotopic (exact) mass is 369 g/mol. The number of ether oxygens (including phenoxy) is 1. The van der Waals surface area contributed by atoms with Crippen LogP contribution in [0.15, 0.2) is 24.3 Å². The molecule has 1 aromatic carbocycles. The summed E-state index contributed by atoms with van der Waals surface area (Å²) in [6.45, 7) is 3.13. The van der Waals surface area contributed by atoms with E-state index in [1.807, 2.05) is 6.07 Å². The zero-order valence-corrected chi connectivity index (χ0v) is 15.8. The molecule has 26 heavy (non-hydrogen) atoms. The van der Waals surface area contributed by atoms with Gasteiger partial charge in [0.15, 0.2) is 0 Å². The van der Waals surface area contributed by atoms with Gasteiger partial charge >= 0.3 is 0 Å². The number of para-hydroxylation sites is 1. The van der Waals surface area contributed by atoms with Crippen LogP contribution in [0, 0.1) is 0 Å². The minimum atomic E-state index is 0.185. The summed E-state index contributed by atoms with van der Waals surface area (Å²) in [5.74, 6) is 2.79. The van der Waals surface area contributed by atoms with Crippen molar-refractivity contribution in [1.29, 1.82) is 0 Å². The molecule has 2 aromatic heterocycles. The van der Waals surface area contributed by atoms with Crippen LogP contribution >= 0.6 is 11.3 Å². The van der Waals surface area contributed by atoms with Gasteiger partial charge in [-0.15, -0.1) is 21.5 Å². The highest BCUT2D eigenvalue weighted by Gasteiger charge is 2.30. The quantitative estimate of drug-likeness (QED) is 0.706. The average molecular weight is 369 g/mol. The Balaban J connectivity index is 1.40. The minimum absolute atomic E-state index is 0.185. The summed E-state index contributed by atoms with van der Waals surface area (Å²) >= 11 is 1.77. The molecule has 1 aliphatic carbocycles. The van der Waals surface area contributed by atoms with Gasteiger partial charge in [-0.05, 0) is 25.0 Å². The number of nitrogens with zero attached hydrogens (tertiary/aromatic N) is 5. The molecule has 0 bridgehead atoms. The third-order valence-corrected chi connectivity index (χ3v) is 6.79. The van der Waals surface area contributed by atoms with Gasteiger partial charge in [-0.3, -0.25) is 4.90 Å². The van der Waals surface area contributed by atoms with Crippen LogP contribution < -0.4 is 0 Å². The number of hydrogen-bond acceptors (Lipinski definition) is 6. The molecule has 6 nitrogen and oxygen atoms in total. The SMILES string of the molecule is Cn1c(CN2CCOCC2c2nc3ccccc3s2)nnc1C1CCC1. The van der Waals surface area contributed by atoms with E-state index < -0.39 is 0 Å². The van der Waals surface area contributed by atoms with E-state index in [0.29, 0.717) is 12.5 Å². The average Bonchev–Trinajstić information content (AvgIpc) is 3.19. The molecule has 3 aromatic rings. The van der Waals surface area contributed by atoms with Crippen LogP contribution in [0.1, 0.15) is 47.9 Å². The van der Waals surface area contributed by atoms with Crippen molar-refractivity contribution < 1.29 is 4.74 Å². The Bertz CT molecular complexity index is 883. The summed E-state index contributed by atoms with van der Waals surface area (Å²) in [4.78, 5) is 7.30. The first-order valence-corrected chi connectivity index (χ1v) is 10.2. The number of benzene rings is 1. The Kier molecular flexibility index (Phi) is 4.23. The van der Waals surface area contributed by atoms with Crippen LogP contribution in [0.3, 0.4) is 0 Å². The fraction of sp³-hybridized carbons (Fsp3) is 0.526. The maximum Gasteiger partial charge on any atom is 0.147 e. The van der Waals surface area contributed by atoms with E-state index in [2.05, 4.69) is 44.9 Å². The Morgan fingerprint density at radius 3 is 2.92 bits per heavy atom. The van der Waals surface area contributed by atoms with Crippen LogP contribution in [0.2, 0.25) is 0 Å². The lowest BCUT2D eigenvalue weighted by atomic mass is 9.85. The number of rotatable bonds is 4. The minimum Gasteiger partial charge on any atom is -0.378 e. The maximum atomic E-state index is 5.78. The maximum absolute atomic E-state index is 5.78. The molecule has 1 saturated heterocycles. The molecule has 1 atom stereocenters. The molecule has 136 valence electrons. The van der Waals surface area contributed by atoms with Gasteiger partial charge in [0, 0.05) is 19.5 Å². The Morgan fingerprint density at radius 2 is 2.12 bits per heavy atom. The lowest BCUT2D eigenvalue weighted by Crippen LogP contribution is -2.39. The molecule has 1 saturated carbocycles. The van der Waals surface area contributed by atoms with E-state index in [0.717, 1.165) is 41.9 Å². The van der Waals surface area contributed by atoms with Crippen molar-refractivity contribution in [3.05, 3.63) is 40.9 Å². The summed E-state index contributed by atoms with van der Waals surface area (Å²) in [6.07, 6.45) is 3.81. The van der Waals surface area contributed by atoms with Crippen LogP contribution in [-0.2, 0) is 18.3 Å². The second-order valence-corrected chi connectivity index (χ2v) is 8.30. The molecule has 1 aliphatic heterocycles. The number of thiazole rings is 1. The molecule has 5 rings (SSSR count). The Hall–Kier alpha value is -1.83. The summed E-state index contributed by atoms with van der Waals surface area (Å²) < 4.78 is 9.22. The topological polar surface area (TPSA) is 56.1 Å². The van der Waals surface area contributed by atoms with Crippen LogP contribution in [0.25, 0.3) is 10.2 Å². The highest BCUT2D eigenvalue weighted by atomic mass is 32.1. The van der Waals surface area contributed by atoms with Crippen molar-refractivity contribution in [3.8, 4) is 0 Å². The van der Waals surface area contributed by atoms with Crippen LogP contribution in [0.4, 0.5) is 0 Å². The molecule has 3 heterocycles. The summed E-state index contributed by atoms with van der Waals surface area (Å²) in [5, 5.41) is 10.1. The van der Waals surface area contributed by atoms with Gasteiger partial charge < -0.3 is 9.30 Å². The zero-order valence-electron chi connectivity index (χ0n) is 15.0. The van der Waals surface area contributed by atoms with Gasteiger partial charge in [0.25, 0.3) is 0 Å². The van der Waals surface area contributed by atoms with E-state index in [4.69, 9.17) is 9.72 Å². The molecule has 0 radical (unpaired) electrons. The van der Waals surface area contributed by atoms with Gasteiger partial charge in [0.1, 0.15) is 16.7 Å². The first-order valence-electron chi connectivity index (χ1n) is 9.35. The van der Waals surface area contributed by atoms with Gasteiger partial charge in [-0.25, -0.2) is 4.98 Å². The third kappa shape index (κ3) is 2.84. The lowest BCUT2D eigenvalue weighted by molar-refractivity contribution is -0.0142. The van der Waals surface area contributed by atoms with Crippen molar-refractivity contribution in [3.63, 3.8) is 0 Å². The molecule has 0 N–H and O–H groups in total. The summed E-state index contributed by atoms with van der Waals surface area (Å²) in [7, 11) is 2.11. The molecule has 2 fully saturated rings. The molecule has 2 aliphatic rings. The number of morpholine rings is 1. The van der Waals surface area contributed by atoms with Crippen LogP contribution in [0.5, 0.6) is 0 Å². The fourth-order valence-corrected chi connectivity index (χ4v) is 4.89. The second kappa shape index (κ2) is 6.72. The van der Waals surface area contributed by atoms with E-state index in [-0.39, 0.29) is 6.04 Å². The zero-order chi connectivity index (χ0) is 17.5. The molecule has 7 heteroatoms. The molecular weight excluding hydrogens is 346 g/mol. The first kappa shape index (κ1) is 16.4. The smallest absolute Gasteiger partial charge is 0.147 e. The van der Waals surface area contributed by atoms with E-state index in [9.17, 15) is 0 Å². The van der Waals surface area contributed by atoms with Crippen molar-refractivity contribution in [1.82, 2.24) is 24.6 Å². The third-order valence-electron chi connectivity index (χ3n) is 5.65. The van der Waals surface area contributed by atoms with Gasteiger partial charge in [0.2, 0.25) is 0 Å². The standard InChI is InChI=1S/C19H23N5OS/c1-23-17(21-22-18(23)13-5-4-6-13)11-24-9-10-25-12-15(24)19-20-14-7-2-3-8-16(14)26-19/h2-3,7-8,13,15H,4-6,9-12H2,1H3. The van der Waals surface area contributed by atoms with Crippen molar-refractivity contribution >= 4 is 21.6 Å². The first-order chi connectivity index (χ1) is 12.8. The van der Waals surface area contributed by atoms with Gasteiger partial charge in [-0.2, -0.15) is 0 Å². The normalized spacial score (nSPS) is 22.0. The van der Waals surface area contributed by atoms with Gasteiger partial charge in [0.05, 0.1) is 36.0 Å². The number of fused-ring (bicyclic) bond motifs is 1. The largest absolute Gasteiger partial charge is 0.378 e. The molecule has 0 spiro atoms. The molecule has 0 amide bonds. The van der Waals surface area contributed by atoms with Crippen molar-refractivity contribution in [2.45, 2.75) is 37.8 Å². The lowest BCUT2D eigenvalue weighted by Gasteiger charge is -2.34.